The smallest absolute Gasteiger partial charge is 0.0631 e. The van der Waals surface area contributed by atoms with Crippen molar-refractivity contribution >= 4 is 40.1 Å². The Balaban J connectivity index is 1.04. The van der Waals surface area contributed by atoms with Crippen LogP contribution in [0, 0.1) is 0 Å². The molecule has 0 N–H and O–H groups in total. The highest BCUT2D eigenvalue weighted by Gasteiger charge is 2.26. The van der Waals surface area contributed by atoms with E-state index in [9.17, 15) is 0 Å². The zero-order valence-electron chi connectivity index (χ0n) is 33.6. The maximum absolute atomic E-state index is 4.01. The van der Waals surface area contributed by atoms with Crippen molar-refractivity contribution in [1.29, 1.82) is 0 Å². The Labute approximate surface area is 354 Å². The van der Waals surface area contributed by atoms with Crippen LogP contribution in [0.5, 0.6) is 0 Å². The van der Waals surface area contributed by atoms with Crippen LogP contribution in [0.1, 0.15) is 29.2 Å². The predicted molar refractivity (Wildman–Crippen MR) is 257 cm³/mol. The van der Waals surface area contributed by atoms with Gasteiger partial charge in [-0.3, -0.25) is 0 Å². The minimum absolute atomic E-state index is 0.169. The van der Waals surface area contributed by atoms with Gasteiger partial charge in [0.1, 0.15) is 0 Å². The monoisotopic (exact) mass is 770 g/mol. The van der Waals surface area contributed by atoms with Crippen LogP contribution in [0.15, 0.2) is 244 Å². The number of rotatable bonds is 12. The highest BCUT2D eigenvalue weighted by atomic mass is 15.2. The number of nitrogens with zero attached hydrogens (tertiary/aromatic N) is 2. The molecule has 9 rings (SSSR count). The lowest BCUT2D eigenvalue weighted by molar-refractivity contribution is 0.702. The predicted octanol–water partition coefficient (Wildman–Crippen LogP) is 16.2. The maximum Gasteiger partial charge on any atom is 0.0631 e. The van der Waals surface area contributed by atoms with Gasteiger partial charge in [0.05, 0.1) is 6.04 Å². The quantitative estimate of drug-likeness (QED) is 0.114. The lowest BCUT2D eigenvalue weighted by atomic mass is 9.90. The van der Waals surface area contributed by atoms with Gasteiger partial charge < -0.3 is 9.80 Å². The van der Waals surface area contributed by atoms with Crippen LogP contribution in [0.4, 0.5) is 28.4 Å². The largest absolute Gasteiger partial charge is 0.334 e. The maximum atomic E-state index is 4.01. The van der Waals surface area contributed by atoms with E-state index in [0.717, 1.165) is 45.9 Å². The van der Waals surface area contributed by atoms with E-state index in [-0.39, 0.29) is 6.04 Å². The molecule has 8 aromatic rings. The van der Waals surface area contributed by atoms with Crippen LogP contribution >= 0.6 is 0 Å². The standard InChI is InChI=1S/C58H46N2/c1-3-14-43(4-2)46-23-33-52(34-24-46)59(53-35-25-47(26-36-53)44-15-7-5-8-16-44)54-37-27-49(28-38-54)50-31-41-56(42-32-50)60(58-22-13-20-51-19-11-12-21-57(51)58)55-39-29-48(30-40-55)45-17-9-6-10-18-45/h3-21,23-42,58H,1-2,22H2/b43-14+. The molecule has 0 amide bonds. The molecule has 60 heavy (non-hydrogen) atoms. The van der Waals surface area contributed by atoms with E-state index >= 15 is 0 Å². The first-order valence-corrected chi connectivity index (χ1v) is 20.6. The van der Waals surface area contributed by atoms with E-state index < -0.39 is 0 Å². The average molecular weight is 771 g/mol. The van der Waals surface area contributed by atoms with Gasteiger partial charge in [0.15, 0.2) is 0 Å². The first-order valence-electron chi connectivity index (χ1n) is 20.6. The molecule has 0 saturated carbocycles. The molecule has 2 nitrogen and oxygen atoms in total. The molecule has 0 aromatic heterocycles. The van der Waals surface area contributed by atoms with Crippen molar-refractivity contribution in [2.24, 2.45) is 0 Å². The molecule has 1 unspecified atom stereocenters. The fraction of sp³-hybridized carbons (Fsp3) is 0.0345. The van der Waals surface area contributed by atoms with Crippen molar-refractivity contribution in [3.8, 4) is 33.4 Å². The molecule has 288 valence electrons. The Morgan fingerprint density at radius 1 is 0.433 bits per heavy atom. The van der Waals surface area contributed by atoms with Crippen molar-refractivity contribution in [3.63, 3.8) is 0 Å². The molecular weight excluding hydrogens is 725 g/mol. The Morgan fingerprint density at radius 2 is 0.833 bits per heavy atom. The van der Waals surface area contributed by atoms with Gasteiger partial charge in [0, 0.05) is 28.4 Å². The molecule has 8 aromatic carbocycles. The van der Waals surface area contributed by atoms with E-state index in [1.54, 1.807) is 6.08 Å². The van der Waals surface area contributed by atoms with Crippen LogP contribution in [0.2, 0.25) is 0 Å². The topological polar surface area (TPSA) is 6.48 Å². The van der Waals surface area contributed by atoms with E-state index in [2.05, 4.69) is 241 Å². The Hall–Kier alpha value is -7.68. The van der Waals surface area contributed by atoms with E-state index in [4.69, 9.17) is 0 Å². The summed E-state index contributed by atoms with van der Waals surface area (Å²) < 4.78 is 0. The lowest BCUT2D eigenvalue weighted by Crippen LogP contribution is -2.25. The molecule has 0 heterocycles. The summed E-state index contributed by atoms with van der Waals surface area (Å²) in [5.41, 5.74) is 17.5. The second kappa shape index (κ2) is 17.4. The number of anilines is 5. The van der Waals surface area contributed by atoms with Crippen molar-refractivity contribution < 1.29 is 0 Å². The summed E-state index contributed by atoms with van der Waals surface area (Å²) in [6, 6.07) is 74.5. The molecule has 1 aliphatic carbocycles. The van der Waals surface area contributed by atoms with Gasteiger partial charge in [0.25, 0.3) is 0 Å². The van der Waals surface area contributed by atoms with Gasteiger partial charge in [-0.25, -0.2) is 0 Å². The van der Waals surface area contributed by atoms with Crippen molar-refractivity contribution in [1.82, 2.24) is 0 Å². The second-order valence-electron chi connectivity index (χ2n) is 15.0. The van der Waals surface area contributed by atoms with Crippen molar-refractivity contribution in [3.05, 3.63) is 260 Å². The molecular formula is C58H46N2. The summed E-state index contributed by atoms with van der Waals surface area (Å²) in [5.74, 6) is 0. The third-order valence-corrected chi connectivity index (χ3v) is 11.4. The average Bonchev–Trinajstić information content (AvgIpc) is 3.33. The van der Waals surface area contributed by atoms with E-state index in [0.29, 0.717) is 0 Å². The molecule has 0 aliphatic heterocycles. The molecule has 0 radical (unpaired) electrons. The normalized spacial score (nSPS) is 13.3. The first kappa shape index (κ1) is 37.9. The Bertz CT molecular complexity index is 2760. The SMILES string of the molecule is C=C/C=C(\C=C)c1ccc(N(c2ccc(-c3ccccc3)cc2)c2ccc(-c3ccc(N(c4ccc(-c5ccccc5)cc4)C4CC=Cc5ccccc54)cc3)cc2)cc1. The van der Waals surface area contributed by atoms with Gasteiger partial charge >= 0.3 is 0 Å². The van der Waals surface area contributed by atoms with Gasteiger partial charge in [-0.2, -0.15) is 0 Å². The van der Waals surface area contributed by atoms with Crippen LogP contribution in [0.25, 0.3) is 45.0 Å². The van der Waals surface area contributed by atoms with Crippen molar-refractivity contribution in [2.75, 3.05) is 9.80 Å². The Kier molecular flexibility index (Phi) is 11.0. The summed E-state index contributed by atoms with van der Waals surface area (Å²) in [7, 11) is 0. The second-order valence-corrected chi connectivity index (χ2v) is 15.0. The molecule has 0 saturated heterocycles. The lowest BCUT2D eigenvalue weighted by Gasteiger charge is -2.36. The van der Waals surface area contributed by atoms with Crippen LogP contribution in [0.3, 0.4) is 0 Å². The van der Waals surface area contributed by atoms with Crippen molar-refractivity contribution in [2.45, 2.75) is 12.5 Å². The summed E-state index contributed by atoms with van der Waals surface area (Å²) in [6.07, 6.45) is 11.1. The summed E-state index contributed by atoms with van der Waals surface area (Å²) >= 11 is 0. The molecule has 1 aliphatic rings. The third-order valence-electron chi connectivity index (χ3n) is 11.4. The third kappa shape index (κ3) is 7.92. The molecule has 0 fully saturated rings. The van der Waals surface area contributed by atoms with Gasteiger partial charge in [-0.05, 0) is 123 Å². The molecule has 0 bridgehead atoms. The van der Waals surface area contributed by atoms with Gasteiger partial charge in [-0.1, -0.05) is 189 Å². The zero-order valence-corrected chi connectivity index (χ0v) is 33.6. The van der Waals surface area contributed by atoms with Gasteiger partial charge in [0.2, 0.25) is 0 Å². The number of hydrogen-bond donors (Lipinski definition) is 0. The fourth-order valence-electron chi connectivity index (χ4n) is 8.33. The van der Waals surface area contributed by atoms with E-state index in [1.165, 1.54) is 44.6 Å². The summed E-state index contributed by atoms with van der Waals surface area (Å²) in [6.45, 7) is 7.90. The Morgan fingerprint density at radius 3 is 1.28 bits per heavy atom. The summed E-state index contributed by atoms with van der Waals surface area (Å²) in [4.78, 5) is 4.81. The molecule has 2 heteroatoms. The first-order chi connectivity index (χ1) is 29.7. The van der Waals surface area contributed by atoms with Crippen LogP contribution in [-0.2, 0) is 0 Å². The van der Waals surface area contributed by atoms with Crippen LogP contribution in [-0.4, -0.2) is 0 Å². The highest BCUT2D eigenvalue weighted by Crippen LogP contribution is 2.43. The minimum atomic E-state index is 0.169. The van der Waals surface area contributed by atoms with E-state index in [1.807, 2.05) is 12.2 Å². The molecule has 0 spiro atoms. The van der Waals surface area contributed by atoms with Crippen LogP contribution < -0.4 is 9.80 Å². The summed E-state index contributed by atoms with van der Waals surface area (Å²) in [5, 5.41) is 0. The number of hydrogen-bond acceptors (Lipinski definition) is 2. The highest BCUT2D eigenvalue weighted by molar-refractivity contribution is 5.82. The number of fused-ring (bicyclic) bond motifs is 1. The minimum Gasteiger partial charge on any atom is -0.334 e. The fourth-order valence-corrected chi connectivity index (χ4v) is 8.33. The zero-order chi connectivity index (χ0) is 40.7. The van der Waals surface area contributed by atoms with Gasteiger partial charge in [-0.15, -0.1) is 0 Å². The number of benzene rings is 8. The number of allylic oxidation sites excluding steroid dienone is 4. The molecule has 1 atom stereocenters.